The lowest BCUT2D eigenvalue weighted by Gasteiger charge is -2.32. The van der Waals surface area contributed by atoms with Gasteiger partial charge in [0, 0.05) is 36.2 Å². The summed E-state index contributed by atoms with van der Waals surface area (Å²) < 4.78 is 30.8. The van der Waals surface area contributed by atoms with Crippen LogP contribution in [0, 0.1) is 0 Å². The highest BCUT2D eigenvalue weighted by molar-refractivity contribution is 9.10. The lowest BCUT2D eigenvalue weighted by atomic mass is 10.2. The Morgan fingerprint density at radius 1 is 1.26 bits per heavy atom. The van der Waals surface area contributed by atoms with E-state index in [4.69, 9.17) is 4.52 Å². The lowest BCUT2D eigenvalue weighted by Crippen LogP contribution is -2.47. The molecule has 0 unspecified atom stereocenters. The van der Waals surface area contributed by atoms with Crippen LogP contribution in [0.1, 0.15) is 5.89 Å². The minimum atomic E-state index is -3.11. The summed E-state index contributed by atoms with van der Waals surface area (Å²) in [5.41, 5.74) is 0.885. The largest absolute Gasteiger partial charge is 0.338 e. The Kier molecular flexibility index (Phi) is 4.81. The van der Waals surface area contributed by atoms with Crippen LogP contribution in [0.4, 0.5) is 0 Å². The summed E-state index contributed by atoms with van der Waals surface area (Å²) >= 11 is 3.42. The maximum absolute atomic E-state index is 11.5. The predicted octanol–water partition coefficient (Wildman–Crippen LogP) is 1.58. The number of hydrogen-bond donors (Lipinski definition) is 0. The molecule has 0 aliphatic carbocycles. The molecule has 1 saturated heterocycles. The fourth-order valence-electron chi connectivity index (χ4n) is 2.47. The van der Waals surface area contributed by atoms with Crippen molar-refractivity contribution in [2.75, 3.05) is 32.4 Å². The first-order chi connectivity index (χ1) is 10.9. The number of piperazine rings is 1. The second kappa shape index (κ2) is 6.68. The van der Waals surface area contributed by atoms with E-state index in [9.17, 15) is 8.42 Å². The molecule has 1 fully saturated rings. The topological polar surface area (TPSA) is 79.5 Å². The summed E-state index contributed by atoms with van der Waals surface area (Å²) in [7, 11) is -3.11. The SMILES string of the molecule is CS(=O)(=O)N1CCN(Cc2nc(-c3cccc(Br)c3)no2)CC1. The summed E-state index contributed by atoms with van der Waals surface area (Å²) in [5.74, 6) is 1.09. The highest BCUT2D eigenvalue weighted by atomic mass is 79.9. The maximum atomic E-state index is 11.5. The van der Waals surface area contributed by atoms with E-state index < -0.39 is 10.0 Å². The van der Waals surface area contributed by atoms with Gasteiger partial charge < -0.3 is 4.52 Å². The number of nitrogens with zero attached hydrogens (tertiary/aromatic N) is 4. The van der Waals surface area contributed by atoms with Gasteiger partial charge in [-0.15, -0.1) is 0 Å². The average Bonchev–Trinajstić information content (AvgIpc) is 2.95. The van der Waals surface area contributed by atoms with E-state index in [1.54, 1.807) is 0 Å². The molecule has 9 heteroatoms. The summed E-state index contributed by atoms with van der Waals surface area (Å²) in [6.07, 6.45) is 1.24. The fourth-order valence-corrected chi connectivity index (χ4v) is 3.70. The van der Waals surface area contributed by atoms with Crippen LogP contribution in [-0.2, 0) is 16.6 Å². The molecule has 1 aromatic heterocycles. The van der Waals surface area contributed by atoms with Crippen molar-refractivity contribution in [3.8, 4) is 11.4 Å². The number of halogens is 1. The Bertz CT molecular complexity index is 785. The van der Waals surface area contributed by atoms with Crippen LogP contribution in [0.2, 0.25) is 0 Å². The van der Waals surface area contributed by atoms with Crippen LogP contribution in [0.5, 0.6) is 0 Å². The molecule has 2 heterocycles. The van der Waals surface area contributed by atoms with Crippen molar-refractivity contribution in [2.45, 2.75) is 6.54 Å². The van der Waals surface area contributed by atoms with Gasteiger partial charge in [-0.1, -0.05) is 33.2 Å². The second-order valence-electron chi connectivity index (χ2n) is 5.46. The van der Waals surface area contributed by atoms with Crippen molar-refractivity contribution >= 4 is 26.0 Å². The molecule has 0 radical (unpaired) electrons. The van der Waals surface area contributed by atoms with Gasteiger partial charge in [-0.05, 0) is 12.1 Å². The summed E-state index contributed by atoms with van der Waals surface area (Å²) in [6.45, 7) is 2.82. The van der Waals surface area contributed by atoms with Crippen LogP contribution < -0.4 is 0 Å². The van der Waals surface area contributed by atoms with Crippen LogP contribution in [-0.4, -0.2) is 60.2 Å². The molecular formula is C14H17BrN4O3S. The van der Waals surface area contributed by atoms with E-state index >= 15 is 0 Å². The first-order valence-corrected chi connectivity index (χ1v) is 9.82. The molecule has 7 nitrogen and oxygen atoms in total. The zero-order chi connectivity index (χ0) is 16.4. The highest BCUT2D eigenvalue weighted by Crippen LogP contribution is 2.20. The molecule has 1 aliphatic rings. The predicted molar refractivity (Wildman–Crippen MR) is 89.1 cm³/mol. The van der Waals surface area contributed by atoms with Crippen LogP contribution in [0.15, 0.2) is 33.3 Å². The van der Waals surface area contributed by atoms with Crippen molar-refractivity contribution in [1.29, 1.82) is 0 Å². The lowest BCUT2D eigenvalue weighted by molar-refractivity contribution is 0.164. The first-order valence-electron chi connectivity index (χ1n) is 7.18. The van der Waals surface area contributed by atoms with E-state index in [1.807, 2.05) is 24.3 Å². The summed E-state index contributed by atoms with van der Waals surface area (Å²) in [4.78, 5) is 6.52. The smallest absolute Gasteiger partial charge is 0.241 e. The third-order valence-electron chi connectivity index (χ3n) is 3.71. The van der Waals surface area contributed by atoms with E-state index in [-0.39, 0.29) is 0 Å². The van der Waals surface area contributed by atoms with Crippen molar-refractivity contribution in [1.82, 2.24) is 19.3 Å². The van der Waals surface area contributed by atoms with E-state index in [1.165, 1.54) is 10.6 Å². The number of hydrogen-bond acceptors (Lipinski definition) is 6. The fraction of sp³-hybridized carbons (Fsp3) is 0.429. The van der Waals surface area contributed by atoms with E-state index in [2.05, 4.69) is 31.0 Å². The average molecular weight is 401 g/mol. The Labute approximate surface area is 143 Å². The van der Waals surface area contributed by atoms with Gasteiger partial charge in [0.05, 0.1) is 12.8 Å². The van der Waals surface area contributed by atoms with Gasteiger partial charge in [0.25, 0.3) is 0 Å². The molecule has 0 bridgehead atoms. The van der Waals surface area contributed by atoms with Gasteiger partial charge in [0.15, 0.2) is 0 Å². The third kappa shape index (κ3) is 4.17. The zero-order valence-electron chi connectivity index (χ0n) is 12.6. The minimum Gasteiger partial charge on any atom is -0.338 e. The van der Waals surface area contributed by atoms with Crippen molar-refractivity contribution in [3.63, 3.8) is 0 Å². The summed E-state index contributed by atoms with van der Waals surface area (Å²) in [5, 5.41) is 4.01. The van der Waals surface area contributed by atoms with Crippen LogP contribution >= 0.6 is 15.9 Å². The Morgan fingerprint density at radius 3 is 2.65 bits per heavy atom. The third-order valence-corrected chi connectivity index (χ3v) is 5.51. The van der Waals surface area contributed by atoms with Gasteiger partial charge in [-0.2, -0.15) is 9.29 Å². The number of rotatable bonds is 4. The van der Waals surface area contributed by atoms with Crippen molar-refractivity contribution < 1.29 is 12.9 Å². The van der Waals surface area contributed by atoms with Crippen LogP contribution in [0.3, 0.4) is 0 Å². The standard InChI is InChI=1S/C14H17BrN4O3S/c1-23(20,21)19-7-5-18(6-8-19)10-13-16-14(17-22-13)11-3-2-4-12(15)9-11/h2-4,9H,5-8,10H2,1H3. The van der Waals surface area contributed by atoms with Gasteiger partial charge >= 0.3 is 0 Å². The molecular weight excluding hydrogens is 384 g/mol. The van der Waals surface area contributed by atoms with Crippen molar-refractivity contribution in [2.24, 2.45) is 0 Å². The number of benzene rings is 1. The normalized spacial score (nSPS) is 17.5. The molecule has 23 heavy (non-hydrogen) atoms. The Balaban J connectivity index is 1.62. The first kappa shape index (κ1) is 16.6. The zero-order valence-corrected chi connectivity index (χ0v) is 15.0. The number of aromatic nitrogens is 2. The maximum Gasteiger partial charge on any atom is 0.241 e. The molecule has 3 rings (SSSR count). The highest BCUT2D eigenvalue weighted by Gasteiger charge is 2.24. The summed E-state index contributed by atoms with van der Waals surface area (Å²) in [6, 6.07) is 7.70. The van der Waals surface area contributed by atoms with E-state index in [0.717, 1.165) is 10.0 Å². The molecule has 2 aromatic rings. The molecule has 1 aliphatic heterocycles. The van der Waals surface area contributed by atoms with Gasteiger partial charge in [-0.25, -0.2) is 8.42 Å². The molecule has 0 atom stereocenters. The molecule has 0 spiro atoms. The van der Waals surface area contributed by atoms with Crippen LogP contribution in [0.25, 0.3) is 11.4 Å². The van der Waals surface area contributed by atoms with Crippen molar-refractivity contribution in [3.05, 3.63) is 34.6 Å². The Hall–Kier alpha value is -1.29. The van der Waals surface area contributed by atoms with Gasteiger partial charge in [0.1, 0.15) is 0 Å². The molecule has 1 aromatic carbocycles. The van der Waals surface area contributed by atoms with Gasteiger partial charge in [0.2, 0.25) is 21.7 Å². The van der Waals surface area contributed by atoms with Gasteiger partial charge in [-0.3, -0.25) is 4.90 Å². The molecule has 0 N–H and O–H groups in total. The second-order valence-corrected chi connectivity index (χ2v) is 8.36. The monoisotopic (exact) mass is 400 g/mol. The molecule has 0 saturated carbocycles. The van der Waals surface area contributed by atoms with E-state index in [0.29, 0.717) is 44.4 Å². The molecule has 0 amide bonds. The quantitative estimate of drug-likeness (QED) is 0.774. The number of sulfonamides is 1. The molecule has 124 valence electrons. The minimum absolute atomic E-state index is 0.492. The Morgan fingerprint density at radius 2 is 2.00 bits per heavy atom.